The highest BCUT2D eigenvalue weighted by Gasteiger charge is 2.14. The lowest BCUT2D eigenvalue weighted by atomic mass is 10.2. The van der Waals surface area contributed by atoms with Crippen molar-refractivity contribution in [2.75, 3.05) is 23.9 Å². The van der Waals surface area contributed by atoms with Crippen LogP contribution in [0.15, 0.2) is 24.3 Å². The van der Waals surface area contributed by atoms with Crippen LogP contribution in [-0.4, -0.2) is 49.7 Å². The monoisotopic (exact) mass is 375 g/mol. The second-order valence-corrected chi connectivity index (χ2v) is 6.55. The average molecular weight is 376 g/mol. The van der Waals surface area contributed by atoms with Gasteiger partial charge in [0.1, 0.15) is 5.01 Å². The van der Waals surface area contributed by atoms with Crippen LogP contribution in [-0.2, 0) is 16.1 Å². The number of anilines is 1. The predicted molar refractivity (Wildman–Crippen MR) is 87.1 cm³/mol. The van der Waals surface area contributed by atoms with E-state index in [0.29, 0.717) is 10.0 Å². The van der Waals surface area contributed by atoms with Crippen LogP contribution in [0.25, 0.3) is 10.6 Å². The third kappa shape index (κ3) is 5.22. The number of carbonyl (C=O) groups is 1. The molecule has 1 atom stereocenters. The zero-order valence-corrected chi connectivity index (χ0v) is 14.0. The number of hydrogen-bond donors (Lipinski definition) is 2. The van der Waals surface area contributed by atoms with Gasteiger partial charge in [0.2, 0.25) is 5.13 Å². The third-order valence-electron chi connectivity index (χ3n) is 2.67. The first-order valence-corrected chi connectivity index (χ1v) is 8.59. The highest BCUT2D eigenvalue weighted by atomic mass is 35.5. The predicted octanol–water partition coefficient (Wildman–Crippen LogP) is 1.13. The van der Waals surface area contributed by atoms with Gasteiger partial charge in [0.25, 0.3) is 0 Å². The van der Waals surface area contributed by atoms with Crippen LogP contribution in [0.4, 0.5) is 5.13 Å². The number of nitrogens with one attached hydrogen (secondary N) is 1. The summed E-state index contributed by atoms with van der Waals surface area (Å²) >= 11 is 4.40. The van der Waals surface area contributed by atoms with E-state index in [-0.39, 0.29) is 24.8 Å². The fraction of sp³-hybridized carbons (Fsp3) is 0.250. The highest BCUT2D eigenvalue weighted by molar-refractivity contribution is 7.80. The molecule has 1 aromatic carbocycles. The largest absolute Gasteiger partial charge is 0.755 e. The van der Waals surface area contributed by atoms with Crippen molar-refractivity contribution in [3.8, 4) is 10.6 Å². The number of nitrogens with zero attached hydrogens (tertiary/aromatic N) is 3. The number of benzene rings is 1. The van der Waals surface area contributed by atoms with Crippen LogP contribution in [0, 0.1) is 0 Å². The van der Waals surface area contributed by atoms with Crippen molar-refractivity contribution in [1.82, 2.24) is 15.5 Å². The molecular weight excluding hydrogens is 364 g/mol. The summed E-state index contributed by atoms with van der Waals surface area (Å²) in [6, 6.07) is 6.94. The van der Waals surface area contributed by atoms with Gasteiger partial charge in [-0.2, -0.15) is 0 Å². The summed E-state index contributed by atoms with van der Waals surface area (Å²) in [7, 11) is 0. The summed E-state index contributed by atoms with van der Waals surface area (Å²) in [4.78, 5) is 10.4. The molecule has 23 heavy (non-hydrogen) atoms. The van der Waals surface area contributed by atoms with Crippen molar-refractivity contribution in [2.45, 2.75) is 0 Å². The van der Waals surface area contributed by atoms with E-state index in [2.05, 4.69) is 15.5 Å². The molecule has 0 radical (unpaired) electrons. The van der Waals surface area contributed by atoms with Gasteiger partial charge < -0.3 is 15.0 Å². The Morgan fingerprint density at radius 3 is 2.70 bits per heavy atom. The van der Waals surface area contributed by atoms with Crippen LogP contribution >= 0.6 is 22.9 Å². The first-order chi connectivity index (χ1) is 11.0. The Labute approximate surface area is 143 Å². The van der Waals surface area contributed by atoms with Crippen molar-refractivity contribution < 1.29 is 18.7 Å². The third-order valence-corrected chi connectivity index (χ3v) is 4.74. The van der Waals surface area contributed by atoms with Crippen LogP contribution in [0.3, 0.4) is 0 Å². The van der Waals surface area contributed by atoms with Gasteiger partial charge in [-0.25, -0.2) is 0 Å². The number of carboxylic acids is 1. The Morgan fingerprint density at radius 2 is 2.09 bits per heavy atom. The summed E-state index contributed by atoms with van der Waals surface area (Å²) < 4.78 is 23.7. The average Bonchev–Trinajstić information content (AvgIpc) is 2.96. The Bertz CT molecular complexity index is 695. The van der Waals surface area contributed by atoms with E-state index in [1.54, 1.807) is 24.3 Å². The van der Waals surface area contributed by atoms with Crippen molar-refractivity contribution in [2.24, 2.45) is 0 Å². The summed E-state index contributed by atoms with van der Waals surface area (Å²) in [6.07, 6.45) is 0. The van der Waals surface area contributed by atoms with Crippen molar-refractivity contribution in [3.05, 3.63) is 29.3 Å². The van der Waals surface area contributed by atoms with Crippen molar-refractivity contribution in [3.63, 3.8) is 0 Å². The minimum atomic E-state index is -2.53. The Morgan fingerprint density at radius 1 is 1.39 bits per heavy atom. The maximum atomic E-state index is 11.3. The second kappa shape index (κ2) is 8.31. The molecule has 0 amide bonds. The van der Waals surface area contributed by atoms with Crippen LogP contribution in [0.2, 0.25) is 5.02 Å². The quantitative estimate of drug-likeness (QED) is 0.524. The minimum absolute atomic E-state index is 0.0542. The SMILES string of the molecule is O=C(O)CNCCN(c1nnc(-c2ccc(Cl)cc2)s1)S(=O)[O-]. The summed E-state index contributed by atoms with van der Waals surface area (Å²) in [6.45, 7) is -0.0136. The molecular formula is C12H12ClN4O4S2-. The number of carboxylic acid groups (broad SMARTS) is 1. The number of rotatable bonds is 8. The van der Waals surface area contributed by atoms with E-state index >= 15 is 0 Å². The van der Waals surface area contributed by atoms with E-state index in [1.165, 1.54) is 0 Å². The lowest BCUT2D eigenvalue weighted by Gasteiger charge is -2.22. The van der Waals surface area contributed by atoms with Gasteiger partial charge in [0.15, 0.2) is 0 Å². The first kappa shape index (κ1) is 17.8. The Balaban J connectivity index is 2.06. The van der Waals surface area contributed by atoms with E-state index < -0.39 is 17.2 Å². The first-order valence-electron chi connectivity index (χ1n) is 6.36. The normalized spacial score (nSPS) is 12.1. The zero-order chi connectivity index (χ0) is 16.8. The highest BCUT2D eigenvalue weighted by Crippen LogP contribution is 2.29. The molecule has 124 valence electrons. The minimum Gasteiger partial charge on any atom is -0.755 e. The smallest absolute Gasteiger partial charge is 0.317 e. The van der Waals surface area contributed by atoms with Crippen LogP contribution in [0.1, 0.15) is 0 Å². The Hall–Kier alpha value is -1.59. The molecule has 0 bridgehead atoms. The number of aliphatic carboxylic acids is 1. The van der Waals surface area contributed by atoms with E-state index in [1.807, 2.05) is 0 Å². The molecule has 2 rings (SSSR count). The van der Waals surface area contributed by atoms with Gasteiger partial charge >= 0.3 is 5.97 Å². The molecule has 0 saturated carbocycles. The van der Waals surface area contributed by atoms with Gasteiger partial charge in [-0.05, 0) is 12.1 Å². The maximum absolute atomic E-state index is 11.3. The number of halogens is 1. The summed E-state index contributed by atoms with van der Waals surface area (Å²) in [5.41, 5.74) is 0.777. The molecule has 0 aliphatic rings. The lowest BCUT2D eigenvalue weighted by Crippen LogP contribution is -2.35. The molecule has 0 saturated heterocycles. The summed E-state index contributed by atoms with van der Waals surface area (Å²) in [5, 5.41) is 20.3. The fourth-order valence-corrected chi connectivity index (χ4v) is 3.24. The standard InChI is InChI=1S/C12H13ClN4O4S2/c13-9-3-1-8(2-4-9)11-15-16-12(22-11)17(23(20)21)6-5-14-7-10(18)19/h1-4,14H,5-7H2,(H,18,19)(H,20,21)/p-1. The van der Waals surface area contributed by atoms with E-state index in [9.17, 15) is 13.6 Å². The molecule has 1 aromatic heterocycles. The van der Waals surface area contributed by atoms with Gasteiger partial charge in [0.05, 0.1) is 6.54 Å². The van der Waals surface area contributed by atoms with Crippen LogP contribution < -0.4 is 9.62 Å². The summed E-state index contributed by atoms with van der Waals surface area (Å²) in [5.74, 6) is -1.01. The number of hydrogen-bond acceptors (Lipinski definition) is 7. The maximum Gasteiger partial charge on any atom is 0.317 e. The van der Waals surface area contributed by atoms with Gasteiger partial charge in [0, 0.05) is 34.9 Å². The lowest BCUT2D eigenvalue weighted by molar-refractivity contribution is -0.135. The van der Waals surface area contributed by atoms with Gasteiger partial charge in [-0.15, -0.1) is 10.2 Å². The molecule has 1 unspecified atom stereocenters. The zero-order valence-electron chi connectivity index (χ0n) is 11.6. The van der Waals surface area contributed by atoms with Crippen LogP contribution in [0.5, 0.6) is 0 Å². The number of aromatic nitrogens is 2. The van der Waals surface area contributed by atoms with Gasteiger partial charge in [-0.3, -0.25) is 13.3 Å². The molecule has 0 fully saturated rings. The molecule has 11 heteroatoms. The molecule has 0 aliphatic carbocycles. The molecule has 0 spiro atoms. The molecule has 2 aromatic rings. The second-order valence-electron chi connectivity index (χ2n) is 4.29. The van der Waals surface area contributed by atoms with E-state index in [4.69, 9.17) is 16.7 Å². The topological polar surface area (TPSA) is 118 Å². The molecule has 0 aliphatic heterocycles. The Kier molecular flexibility index (Phi) is 6.42. The van der Waals surface area contributed by atoms with Gasteiger partial charge in [-0.1, -0.05) is 35.1 Å². The van der Waals surface area contributed by atoms with Crippen molar-refractivity contribution in [1.29, 1.82) is 0 Å². The van der Waals surface area contributed by atoms with E-state index in [0.717, 1.165) is 21.2 Å². The molecule has 1 heterocycles. The fourth-order valence-electron chi connectivity index (χ4n) is 1.64. The molecule has 8 nitrogen and oxygen atoms in total. The molecule has 2 N–H and O–H groups in total. The van der Waals surface area contributed by atoms with Crippen molar-refractivity contribution >= 4 is 45.3 Å².